The number of carbonyl (C=O) groups excluding carboxylic acids is 1. The van der Waals surface area contributed by atoms with Gasteiger partial charge in [-0.15, -0.1) is 24.0 Å². The zero-order chi connectivity index (χ0) is 21.2. The Morgan fingerprint density at radius 3 is 2.45 bits per heavy atom. The molecule has 1 aromatic rings. The Kier molecular flexibility index (Phi) is 11.3. The van der Waals surface area contributed by atoms with Crippen molar-refractivity contribution in [2.45, 2.75) is 26.2 Å². The van der Waals surface area contributed by atoms with Crippen molar-refractivity contribution in [2.24, 2.45) is 10.9 Å². The van der Waals surface area contributed by atoms with E-state index in [4.69, 9.17) is 9.73 Å². The van der Waals surface area contributed by atoms with Crippen LogP contribution in [0.2, 0.25) is 0 Å². The van der Waals surface area contributed by atoms with Gasteiger partial charge in [0.15, 0.2) is 5.96 Å². The molecule has 2 saturated heterocycles. The third-order valence-corrected chi connectivity index (χ3v) is 5.77. The molecule has 0 radical (unpaired) electrons. The molecule has 3 rings (SSSR count). The maximum Gasteiger partial charge on any atom is 0.308 e. The maximum absolute atomic E-state index is 11.7. The van der Waals surface area contributed by atoms with Crippen LogP contribution in [0.1, 0.15) is 26.2 Å². The standard InChI is InChI=1S/C21H35N7O2.HI/c1-3-22-20(27-12-6-18(7-13-27)19(29)30-2)25-10-5-11-26-14-16-28(17-15-26)21-23-8-4-9-24-21;/h4,8-9,18H,3,5-7,10-17H2,1-2H3,(H,22,25);1H. The predicted octanol–water partition coefficient (Wildman–Crippen LogP) is 1.46. The van der Waals surface area contributed by atoms with Crippen molar-refractivity contribution in [2.75, 3.05) is 70.9 Å². The first-order chi connectivity index (χ1) is 14.7. The van der Waals surface area contributed by atoms with Crippen LogP contribution in [-0.2, 0) is 9.53 Å². The lowest BCUT2D eigenvalue weighted by Crippen LogP contribution is -2.47. The summed E-state index contributed by atoms with van der Waals surface area (Å²) in [7, 11) is 1.47. The second-order valence-corrected chi connectivity index (χ2v) is 7.75. The number of aromatic nitrogens is 2. The van der Waals surface area contributed by atoms with E-state index in [-0.39, 0.29) is 35.9 Å². The Morgan fingerprint density at radius 2 is 1.84 bits per heavy atom. The summed E-state index contributed by atoms with van der Waals surface area (Å²) >= 11 is 0. The van der Waals surface area contributed by atoms with E-state index in [1.165, 1.54) is 7.11 Å². The Hall–Kier alpha value is -1.69. The Labute approximate surface area is 202 Å². The number of likely N-dealkylation sites (tertiary alicyclic amines) is 1. The second-order valence-electron chi connectivity index (χ2n) is 7.75. The number of ether oxygens (including phenoxy) is 1. The number of carbonyl (C=O) groups is 1. The highest BCUT2D eigenvalue weighted by Gasteiger charge is 2.27. The van der Waals surface area contributed by atoms with Crippen LogP contribution in [0.15, 0.2) is 23.5 Å². The minimum atomic E-state index is -0.0875. The van der Waals surface area contributed by atoms with Crippen molar-refractivity contribution in [1.82, 2.24) is 25.1 Å². The summed E-state index contributed by atoms with van der Waals surface area (Å²) in [4.78, 5) is 32.3. The minimum absolute atomic E-state index is 0. The molecule has 1 N–H and O–H groups in total. The van der Waals surface area contributed by atoms with Gasteiger partial charge in [-0.2, -0.15) is 0 Å². The molecule has 0 aliphatic carbocycles. The van der Waals surface area contributed by atoms with Crippen molar-refractivity contribution in [3.63, 3.8) is 0 Å². The number of anilines is 1. The van der Waals surface area contributed by atoms with Gasteiger partial charge in [-0.05, 0) is 32.3 Å². The van der Waals surface area contributed by atoms with E-state index in [9.17, 15) is 4.79 Å². The average Bonchev–Trinajstić information content (AvgIpc) is 2.81. The number of piperazine rings is 1. The molecular formula is C21H36IN7O2. The molecule has 0 spiro atoms. The van der Waals surface area contributed by atoms with E-state index in [1.54, 1.807) is 12.4 Å². The number of hydrogen-bond donors (Lipinski definition) is 1. The third-order valence-electron chi connectivity index (χ3n) is 5.77. The normalized spacial score (nSPS) is 18.5. The first-order valence-corrected chi connectivity index (χ1v) is 11.1. The van der Waals surface area contributed by atoms with Gasteiger partial charge in [-0.1, -0.05) is 0 Å². The summed E-state index contributed by atoms with van der Waals surface area (Å²) < 4.78 is 4.88. The zero-order valence-corrected chi connectivity index (χ0v) is 21.0. The minimum Gasteiger partial charge on any atom is -0.469 e. The molecular weight excluding hydrogens is 509 g/mol. The first kappa shape index (κ1) is 25.6. The molecule has 2 fully saturated rings. The molecule has 0 bridgehead atoms. The summed E-state index contributed by atoms with van der Waals surface area (Å²) in [5.41, 5.74) is 0. The summed E-state index contributed by atoms with van der Waals surface area (Å²) in [5.74, 6) is 1.73. The monoisotopic (exact) mass is 545 g/mol. The molecule has 0 amide bonds. The molecule has 0 aromatic carbocycles. The summed E-state index contributed by atoms with van der Waals surface area (Å²) in [6.45, 7) is 10.5. The number of hydrogen-bond acceptors (Lipinski definition) is 7. The van der Waals surface area contributed by atoms with Gasteiger partial charge in [0.2, 0.25) is 5.95 Å². The van der Waals surface area contributed by atoms with Crippen LogP contribution in [0.3, 0.4) is 0 Å². The van der Waals surface area contributed by atoms with Gasteiger partial charge >= 0.3 is 5.97 Å². The number of rotatable bonds is 7. The van der Waals surface area contributed by atoms with Crippen LogP contribution in [0, 0.1) is 5.92 Å². The number of halogens is 1. The lowest BCUT2D eigenvalue weighted by atomic mass is 9.97. The number of piperidine rings is 1. The van der Waals surface area contributed by atoms with Crippen LogP contribution in [0.25, 0.3) is 0 Å². The number of methoxy groups -OCH3 is 1. The molecule has 31 heavy (non-hydrogen) atoms. The van der Waals surface area contributed by atoms with Crippen molar-refractivity contribution in [3.05, 3.63) is 18.5 Å². The van der Waals surface area contributed by atoms with E-state index in [1.807, 2.05) is 6.07 Å². The fourth-order valence-electron chi connectivity index (χ4n) is 4.02. The molecule has 2 aliphatic heterocycles. The van der Waals surface area contributed by atoms with Crippen molar-refractivity contribution >= 4 is 41.9 Å². The Morgan fingerprint density at radius 1 is 1.16 bits per heavy atom. The van der Waals surface area contributed by atoms with Crippen molar-refractivity contribution < 1.29 is 9.53 Å². The maximum atomic E-state index is 11.7. The Balaban J connectivity index is 0.00000341. The van der Waals surface area contributed by atoms with Crippen molar-refractivity contribution in [3.8, 4) is 0 Å². The zero-order valence-electron chi connectivity index (χ0n) is 18.7. The number of nitrogens with one attached hydrogen (secondary N) is 1. The van der Waals surface area contributed by atoms with E-state index in [0.29, 0.717) is 0 Å². The number of guanidine groups is 1. The van der Waals surface area contributed by atoms with Gasteiger partial charge in [0.1, 0.15) is 0 Å². The predicted molar refractivity (Wildman–Crippen MR) is 133 cm³/mol. The van der Waals surface area contributed by atoms with Gasteiger partial charge in [-0.3, -0.25) is 14.7 Å². The van der Waals surface area contributed by atoms with Crippen LogP contribution in [0.5, 0.6) is 0 Å². The quantitative estimate of drug-likeness (QED) is 0.181. The molecule has 2 aliphatic rings. The van der Waals surface area contributed by atoms with Gasteiger partial charge in [-0.25, -0.2) is 9.97 Å². The lowest BCUT2D eigenvalue weighted by molar-refractivity contribution is -0.146. The molecule has 9 nitrogen and oxygen atoms in total. The molecule has 0 unspecified atom stereocenters. The van der Waals surface area contributed by atoms with Gasteiger partial charge in [0, 0.05) is 71.3 Å². The second kappa shape index (κ2) is 13.7. The highest BCUT2D eigenvalue weighted by molar-refractivity contribution is 14.0. The topological polar surface area (TPSA) is 86.2 Å². The van der Waals surface area contributed by atoms with Gasteiger partial charge < -0.3 is 19.9 Å². The van der Waals surface area contributed by atoms with Crippen molar-refractivity contribution in [1.29, 1.82) is 0 Å². The smallest absolute Gasteiger partial charge is 0.308 e. The largest absolute Gasteiger partial charge is 0.469 e. The van der Waals surface area contributed by atoms with Crippen LogP contribution in [-0.4, -0.2) is 97.7 Å². The van der Waals surface area contributed by atoms with Gasteiger partial charge in [0.25, 0.3) is 0 Å². The fraction of sp³-hybridized carbons (Fsp3) is 0.714. The van der Waals surface area contributed by atoms with E-state index >= 15 is 0 Å². The Bertz CT molecular complexity index is 676. The van der Waals surface area contributed by atoms with E-state index < -0.39 is 0 Å². The molecule has 1 aromatic heterocycles. The van der Waals surface area contributed by atoms with Crippen LogP contribution < -0.4 is 10.2 Å². The highest BCUT2D eigenvalue weighted by atomic mass is 127. The summed E-state index contributed by atoms with van der Waals surface area (Å²) in [6.07, 6.45) is 6.29. The molecule has 0 atom stereocenters. The molecule has 10 heteroatoms. The molecule has 3 heterocycles. The SMILES string of the molecule is CCNC(=NCCCN1CCN(c2ncccn2)CC1)N1CCC(C(=O)OC)CC1.I. The third kappa shape index (κ3) is 7.74. The van der Waals surface area contributed by atoms with Gasteiger partial charge in [0.05, 0.1) is 13.0 Å². The summed E-state index contributed by atoms with van der Waals surface area (Å²) in [5, 5.41) is 3.40. The summed E-state index contributed by atoms with van der Waals surface area (Å²) in [6, 6.07) is 1.85. The lowest BCUT2D eigenvalue weighted by Gasteiger charge is -2.34. The highest BCUT2D eigenvalue weighted by Crippen LogP contribution is 2.18. The van der Waals surface area contributed by atoms with E-state index in [2.05, 4.69) is 36.9 Å². The van der Waals surface area contributed by atoms with Crippen LogP contribution in [0.4, 0.5) is 5.95 Å². The number of aliphatic imine (C=N–C) groups is 1. The molecule has 174 valence electrons. The van der Waals surface area contributed by atoms with E-state index in [0.717, 1.165) is 90.1 Å². The number of nitrogens with zero attached hydrogens (tertiary/aromatic N) is 6. The first-order valence-electron chi connectivity index (χ1n) is 11.1. The number of esters is 1. The fourth-order valence-corrected chi connectivity index (χ4v) is 4.02. The average molecular weight is 545 g/mol. The van der Waals surface area contributed by atoms with Crippen LogP contribution >= 0.6 is 24.0 Å². The molecule has 0 saturated carbocycles.